The topological polar surface area (TPSA) is 143 Å². The van der Waals surface area contributed by atoms with E-state index in [0.29, 0.717) is 4.68 Å². The van der Waals surface area contributed by atoms with Gasteiger partial charge in [-0.1, -0.05) is 17.7 Å². The number of rotatable bonds is 9. The first kappa shape index (κ1) is 36.5. The second-order valence-electron chi connectivity index (χ2n) is 12.0. The number of aromatic nitrogens is 4. The van der Waals surface area contributed by atoms with E-state index >= 15 is 0 Å². The zero-order valence-corrected chi connectivity index (χ0v) is 26.4. The van der Waals surface area contributed by atoms with Gasteiger partial charge in [-0.25, -0.2) is 9.36 Å². The van der Waals surface area contributed by atoms with Crippen molar-refractivity contribution in [2.45, 2.75) is 62.3 Å². The second kappa shape index (κ2) is 12.9. The van der Waals surface area contributed by atoms with Crippen LogP contribution in [0.15, 0.2) is 30.6 Å². The van der Waals surface area contributed by atoms with Crippen molar-refractivity contribution >= 4 is 29.4 Å². The quantitative estimate of drug-likeness (QED) is 0.149. The normalized spacial score (nSPS) is 19.1. The Labute approximate surface area is 281 Å². The number of carboxylic acids is 1. The largest absolute Gasteiger partial charge is 0.481 e. The molecule has 0 saturated heterocycles. The molecule has 1 N–H and O–H groups in total. The lowest BCUT2D eigenvalue weighted by Gasteiger charge is -2.29. The third-order valence-electron chi connectivity index (χ3n) is 8.72. The highest BCUT2D eigenvalue weighted by Crippen LogP contribution is 2.49. The van der Waals surface area contributed by atoms with Crippen LogP contribution in [0.2, 0.25) is 5.02 Å². The van der Waals surface area contributed by atoms with Gasteiger partial charge >= 0.3 is 30.2 Å². The van der Waals surface area contributed by atoms with E-state index < -0.39 is 77.3 Å². The van der Waals surface area contributed by atoms with E-state index in [0.717, 1.165) is 24.3 Å². The van der Waals surface area contributed by atoms with Crippen molar-refractivity contribution in [3.05, 3.63) is 52.4 Å². The summed E-state index contributed by atoms with van der Waals surface area (Å²) in [6.45, 7) is -0.645. The number of carboxylic acid groups (broad SMARTS) is 1. The van der Waals surface area contributed by atoms with E-state index in [4.69, 9.17) is 16.3 Å². The number of carbonyl (C=O) groups excluding carboxylic acids is 2. The Bertz CT molecular complexity index is 1870. The van der Waals surface area contributed by atoms with Gasteiger partial charge in [0.1, 0.15) is 11.1 Å². The highest BCUT2D eigenvalue weighted by Gasteiger charge is 2.64. The number of alkyl halides is 8. The van der Waals surface area contributed by atoms with Crippen LogP contribution in [0.25, 0.3) is 16.9 Å². The van der Waals surface area contributed by atoms with Crippen LogP contribution in [0.5, 0.6) is 0 Å². The molecule has 2 heterocycles. The molecule has 2 saturated carbocycles. The van der Waals surface area contributed by atoms with E-state index in [9.17, 15) is 59.9 Å². The third-order valence-corrected chi connectivity index (χ3v) is 9.05. The Morgan fingerprint density at radius 2 is 1.68 bits per heavy atom. The summed E-state index contributed by atoms with van der Waals surface area (Å²) in [5, 5.41) is 25.5. The Morgan fingerprint density at radius 3 is 2.22 bits per heavy atom. The molecule has 11 nitrogen and oxygen atoms in total. The van der Waals surface area contributed by atoms with Crippen molar-refractivity contribution in [1.82, 2.24) is 24.5 Å². The van der Waals surface area contributed by atoms with Gasteiger partial charge in [-0.3, -0.25) is 19.3 Å². The Hall–Kier alpha value is -4.73. The van der Waals surface area contributed by atoms with E-state index in [1.807, 2.05) is 6.07 Å². The molecule has 2 fully saturated rings. The van der Waals surface area contributed by atoms with Gasteiger partial charge in [0, 0.05) is 18.8 Å². The number of nitrogens with zero attached hydrogens (tertiary/aromatic N) is 6. The van der Waals surface area contributed by atoms with Gasteiger partial charge in [0.25, 0.3) is 5.91 Å². The number of benzene rings is 1. The molecule has 268 valence electrons. The van der Waals surface area contributed by atoms with Crippen LogP contribution in [-0.4, -0.2) is 65.9 Å². The summed E-state index contributed by atoms with van der Waals surface area (Å²) in [5.74, 6) is -10.9. The lowest BCUT2D eigenvalue weighted by atomic mass is 9.82. The predicted molar refractivity (Wildman–Crippen MR) is 154 cm³/mol. The van der Waals surface area contributed by atoms with Gasteiger partial charge in [-0.2, -0.15) is 50.6 Å². The van der Waals surface area contributed by atoms with Gasteiger partial charge < -0.3 is 9.84 Å². The number of aryl methyl sites for hydroxylation is 1. The molecule has 20 heteroatoms. The molecule has 1 aromatic carbocycles. The highest BCUT2D eigenvalue weighted by molar-refractivity contribution is 6.34. The molecule has 3 aromatic rings. The molecule has 0 atom stereocenters. The fraction of sp³-hybridized carbons (Fsp3) is 0.467. The maximum absolute atomic E-state index is 14.2. The molecule has 0 radical (unpaired) electrons. The molecule has 2 aromatic heterocycles. The van der Waals surface area contributed by atoms with Crippen LogP contribution in [0, 0.1) is 23.2 Å². The van der Waals surface area contributed by atoms with Crippen molar-refractivity contribution in [2.24, 2.45) is 18.9 Å². The monoisotopic (exact) mass is 736 g/mol. The van der Waals surface area contributed by atoms with Crippen molar-refractivity contribution < 1.29 is 59.4 Å². The van der Waals surface area contributed by atoms with E-state index in [-0.39, 0.29) is 64.9 Å². The van der Waals surface area contributed by atoms with E-state index in [1.165, 1.54) is 18.2 Å². The lowest BCUT2D eigenvalue weighted by molar-refractivity contribution is -0.292. The summed E-state index contributed by atoms with van der Waals surface area (Å²) in [6, 6.07) is 5.79. The number of aliphatic carboxylic acids is 1. The number of hydrogen-bond acceptors (Lipinski definition) is 7. The Kier molecular flexibility index (Phi) is 9.40. The number of ether oxygens (including phenoxy) is 1. The second-order valence-corrected chi connectivity index (χ2v) is 12.4. The van der Waals surface area contributed by atoms with Gasteiger partial charge in [0.2, 0.25) is 0 Å². The molecule has 50 heavy (non-hydrogen) atoms. The maximum atomic E-state index is 14.2. The van der Waals surface area contributed by atoms with Crippen LogP contribution < -0.4 is 0 Å². The molecule has 5 rings (SSSR count). The molecule has 2 aliphatic carbocycles. The minimum absolute atomic E-state index is 0.0227. The van der Waals surface area contributed by atoms with Gasteiger partial charge in [-0.15, -0.1) is 0 Å². The number of nitriles is 1. The summed E-state index contributed by atoms with van der Waals surface area (Å²) >= 11 is 6.33. The minimum atomic E-state index is -6.39. The smallest absolute Gasteiger partial charge is 0.459 e. The Balaban J connectivity index is 1.43. The van der Waals surface area contributed by atoms with Crippen molar-refractivity contribution in [3.8, 4) is 23.0 Å². The zero-order valence-electron chi connectivity index (χ0n) is 25.7. The molecular formula is C30H25ClF8N6O5. The zero-order chi connectivity index (χ0) is 37.0. The molecule has 0 unspecified atom stereocenters. The van der Waals surface area contributed by atoms with Crippen molar-refractivity contribution in [3.63, 3.8) is 0 Å². The minimum Gasteiger partial charge on any atom is -0.481 e. The molecule has 0 aliphatic heterocycles. The highest BCUT2D eigenvalue weighted by atomic mass is 35.5. The first-order valence-electron chi connectivity index (χ1n) is 14.8. The number of esters is 1. The molecular weight excluding hydrogens is 712 g/mol. The summed E-state index contributed by atoms with van der Waals surface area (Å²) in [4.78, 5) is 38.9. The number of amides is 1. The van der Waals surface area contributed by atoms with Gasteiger partial charge in [0.15, 0.2) is 18.2 Å². The van der Waals surface area contributed by atoms with Gasteiger partial charge in [0.05, 0.1) is 34.7 Å². The fourth-order valence-electron chi connectivity index (χ4n) is 5.75. The number of halogens is 9. The summed E-state index contributed by atoms with van der Waals surface area (Å²) in [7, 11) is 0.728. The maximum Gasteiger partial charge on any atom is 0.459 e. The van der Waals surface area contributed by atoms with Gasteiger partial charge in [-0.05, 0) is 56.2 Å². The fourth-order valence-corrected chi connectivity index (χ4v) is 5.95. The van der Waals surface area contributed by atoms with E-state index in [1.54, 1.807) is 0 Å². The van der Waals surface area contributed by atoms with Crippen LogP contribution >= 0.6 is 11.6 Å². The van der Waals surface area contributed by atoms with Crippen LogP contribution in [0.4, 0.5) is 35.1 Å². The number of carbonyl (C=O) groups is 3. The Morgan fingerprint density at radius 1 is 1.06 bits per heavy atom. The average Bonchev–Trinajstić information content (AvgIpc) is 3.51. The molecule has 1 amide bonds. The van der Waals surface area contributed by atoms with Crippen LogP contribution in [-0.2, 0) is 33.5 Å². The average molecular weight is 737 g/mol. The predicted octanol–water partition coefficient (Wildman–Crippen LogP) is 6.49. The summed E-state index contributed by atoms with van der Waals surface area (Å²) in [6.07, 6.45) is -8.75. The molecule has 0 bridgehead atoms. The first-order valence-corrected chi connectivity index (χ1v) is 15.2. The molecule has 2 aliphatic rings. The van der Waals surface area contributed by atoms with Crippen LogP contribution in [0.1, 0.15) is 60.1 Å². The first-order chi connectivity index (χ1) is 23.2. The standard InChI is InChI=1S/C30H25ClF8N6O5/c1-43-23(21(29(34,35)36)22(42-43)28(32,33)30(37,38)39)45-12-18(11-41-45)17-6-7-20(31)19(10-17)24(46)44(27(13-40)8-9-27)14-50-26(49)16-4-2-15(3-5-16)25(47)48/h6-7,10-12,15-16H,2-5,8-9,14H2,1H3,(H,47,48)/t15-,16-. The molecule has 0 spiro atoms. The summed E-state index contributed by atoms with van der Waals surface area (Å²) < 4.78 is 115. The van der Waals surface area contributed by atoms with E-state index in [2.05, 4.69) is 10.2 Å². The SMILES string of the molecule is Cn1nc(C(F)(F)C(F)(F)F)c(C(F)(F)F)c1-n1cc(-c2ccc(Cl)c(C(=O)N(COC(=O)[C@H]3CC[C@H](C(=O)O)CC3)C3(C#N)CC3)c2)cn1. The van der Waals surface area contributed by atoms with Crippen molar-refractivity contribution in [1.29, 1.82) is 5.26 Å². The summed E-state index contributed by atoms with van der Waals surface area (Å²) in [5.41, 5.74) is -6.42. The van der Waals surface area contributed by atoms with Crippen LogP contribution in [0.3, 0.4) is 0 Å². The van der Waals surface area contributed by atoms with Crippen molar-refractivity contribution in [2.75, 3.05) is 6.73 Å². The lowest BCUT2D eigenvalue weighted by Crippen LogP contribution is -2.44. The number of hydrogen-bond donors (Lipinski definition) is 1. The third kappa shape index (κ3) is 6.72.